The minimum Gasteiger partial charge on any atom is -0.495 e. The van der Waals surface area contributed by atoms with E-state index in [0.717, 1.165) is 6.26 Å². The van der Waals surface area contributed by atoms with Crippen molar-refractivity contribution in [2.24, 2.45) is 0 Å². The van der Waals surface area contributed by atoms with Gasteiger partial charge in [0.1, 0.15) is 16.4 Å². The average molecular weight is 335 g/mol. The predicted molar refractivity (Wildman–Crippen MR) is 84.1 cm³/mol. The lowest BCUT2D eigenvalue weighted by Gasteiger charge is -2.17. The molecule has 0 amide bonds. The zero-order valence-electron chi connectivity index (χ0n) is 12.4. The van der Waals surface area contributed by atoms with Crippen LogP contribution in [0.25, 0.3) is 16.8 Å². The molecule has 0 saturated heterocycles. The maximum atomic E-state index is 11.9. The standard InChI is InChI=1S/C15H13NO6S/c1-21-14-7-11-9(5-15(14)23(2,19)20)3-4-13-12(11)6-10(8-22-13)16(17)18/h3-7H,8H2,1-2H3. The van der Waals surface area contributed by atoms with E-state index in [1.54, 1.807) is 18.2 Å². The first-order valence-corrected chi connectivity index (χ1v) is 8.53. The van der Waals surface area contributed by atoms with Gasteiger partial charge >= 0.3 is 0 Å². The molecule has 0 aliphatic carbocycles. The lowest BCUT2D eigenvalue weighted by molar-refractivity contribution is -0.427. The zero-order valence-corrected chi connectivity index (χ0v) is 13.2. The molecule has 0 spiro atoms. The largest absolute Gasteiger partial charge is 0.495 e. The highest BCUT2D eigenvalue weighted by Gasteiger charge is 2.23. The van der Waals surface area contributed by atoms with Gasteiger partial charge in [-0.15, -0.1) is 0 Å². The lowest BCUT2D eigenvalue weighted by atomic mass is 10.0. The summed E-state index contributed by atoms with van der Waals surface area (Å²) in [5.74, 6) is 0.701. The lowest BCUT2D eigenvalue weighted by Crippen LogP contribution is -2.13. The van der Waals surface area contributed by atoms with Crippen LogP contribution in [0.2, 0.25) is 0 Å². The van der Waals surface area contributed by atoms with Crippen LogP contribution in [0.5, 0.6) is 11.5 Å². The summed E-state index contributed by atoms with van der Waals surface area (Å²) >= 11 is 0. The molecule has 3 rings (SSSR count). The first-order valence-electron chi connectivity index (χ1n) is 6.64. The smallest absolute Gasteiger partial charge is 0.284 e. The van der Waals surface area contributed by atoms with Crippen molar-refractivity contribution in [3.63, 3.8) is 0 Å². The third-order valence-corrected chi connectivity index (χ3v) is 4.74. The molecule has 0 radical (unpaired) electrons. The van der Waals surface area contributed by atoms with Crippen LogP contribution in [0.15, 0.2) is 34.9 Å². The number of benzene rings is 2. The van der Waals surface area contributed by atoms with Gasteiger partial charge in [0.2, 0.25) is 0 Å². The predicted octanol–water partition coefficient (Wildman–Crippen LogP) is 2.26. The summed E-state index contributed by atoms with van der Waals surface area (Å²) in [7, 11) is -2.09. The van der Waals surface area contributed by atoms with Gasteiger partial charge in [0, 0.05) is 17.9 Å². The molecule has 0 unspecified atom stereocenters. The summed E-state index contributed by atoms with van der Waals surface area (Å²) in [4.78, 5) is 10.5. The number of ether oxygens (including phenoxy) is 2. The van der Waals surface area contributed by atoms with E-state index in [4.69, 9.17) is 9.47 Å². The van der Waals surface area contributed by atoms with Crippen LogP contribution in [0.3, 0.4) is 0 Å². The zero-order chi connectivity index (χ0) is 16.8. The molecule has 0 bridgehead atoms. The normalized spacial score (nSPS) is 13.9. The van der Waals surface area contributed by atoms with Gasteiger partial charge in [-0.25, -0.2) is 8.42 Å². The van der Waals surface area contributed by atoms with E-state index < -0.39 is 14.8 Å². The van der Waals surface area contributed by atoms with Crippen molar-refractivity contribution in [3.8, 4) is 11.5 Å². The van der Waals surface area contributed by atoms with Gasteiger partial charge in [0.05, 0.1) is 12.0 Å². The van der Waals surface area contributed by atoms with Gasteiger partial charge in [-0.1, -0.05) is 6.07 Å². The van der Waals surface area contributed by atoms with Gasteiger partial charge < -0.3 is 9.47 Å². The van der Waals surface area contributed by atoms with Gasteiger partial charge in [-0.05, 0) is 29.0 Å². The second-order valence-corrected chi connectivity index (χ2v) is 7.14. The SMILES string of the molecule is COc1cc2c3c(ccc2cc1S(C)(=O)=O)OCC([N+](=O)[O-])=C3. The number of fused-ring (bicyclic) bond motifs is 3. The molecule has 1 aliphatic rings. The first-order chi connectivity index (χ1) is 10.8. The van der Waals surface area contributed by atoms with E-state index in [0.29, 0.717) is 22.1 Å². The highest BCUT2D eigenvalue weighted by atomic mass is 32.2. The molecule has 0 aromatic heterocycles. The maximum absolute atomic E-state index is 11.9. The summed E-state index contributed by atoms with van der Waals surface area (Å²) < 4.78 is 34.3. The van der Waals surface area contributed by atoms with Crippen LogP contribution in [0, 0.1) is 10.1 Å². The van der Waals surface area contributed by atoms with Crippen LogP contribution < -0.4 is 9.47 Å². The molecular weight excluding hydrogens is 322 g/mol. The van der Waals surface area contributed by atoms with Crippen LogP contribution in [-0.2, 0) is 9.84 Å². The van der Waals surface area contributed by atoms with Gasteiger partial charge in [0.25, 0.3) is 5.70 Å². The Hall–Kier alpha value is -2.61. The van der Waals surface area contributed by atoms with Crippen molar-refractivity contribution >= 4 is 26.7 Å². The van der Waals surface area contributed by atoms with Crippen LogP contribution in [0.1, 0.15) is 5.56 Å². The van der Waals surface area contributed by atoms with Crippen molar-refractivity contribution in [2.45, 2.75) is 4.90 Å². The molecule has 0 fully saturated rings. The molecule has 0 N–H and O–H groups in total. The van der Waals surface area contributed by atoms with Crippen LogP contribution >= 0.6 is 0 Å². The summed E-state index contributed by atoms with van der Waals surface area (Å²) in [6, 6.07) is 6.45. The fourth-order valence-electron chi connectivity index (χ4n) is 2.52. The number of hydrogen-bond donors (Lipinski definition) is 0. The number of nitro groups is 1. The summed E-state index contributed by atoms with van der Waals surface area (Å²) in [5.41, 5.74) is 0.481. The number of rotatable bonds is 3. The van der Waals surface area contributed by atoms with Gasteiger partial charge in [0.15, 0.2) is 16.4 Å². The molecule has 120 valence electrons. The van der Waals surface area contributed by atoms with E-state index in [-0.39, 0.29) is 22.9 Å². The van der Waals surface area contributed by atoms with E-state index in [2.05, 4.69) is 0 Å². The third-order valence-electron chi connectivity index (χ3n) is 3.63. The number of nitrogens with zero attached hydrogens (tertiary/aromatic N) is 1. The van der Waals surface area contributed by atoms with Crippen molar-refractivity contribution in [3.05, 3.63) is 45.6 Å². The van der Waals surface area contributed by atoms with E-state index in [1.165, 1.54) is 19.3 Å². The topological polar surface area (TPSA) is 95.7 Å². The number of sulfone groups is 1. The molecule has 8 heteroatoms. The molecule has 2 aromatic rings. The van der Waals surface area contributed by atoms with E-state index >= 15 is 0 Å². The van der Waals surface area contributed by atoms with Crippen molar-refractivity contribution in [1.29, 1.82) is 0 Å². The molecule has 1 aliphatic heterocycles. The fraction of sp³-hybridized carbons (Fsp3) is 0.200. The Kier molecular flexibility index (Phi) is 3.48. The van der Waals surface area contributed by atoms with Crippen molar-refractivity contribution < 1.29 is 22.8 Å². The fourth-order valence-corrected chi connectivity index (χ4v) is 3.37. The molecule has 1 heterocycles. The van der Waals surface area contributed by atoms with Crippen molar-refractivity contribution in [2.75, 3.05) is 20.0 Å². The molecule has 7 nitrogen and oxygen atoms in total. The Labute approximate surface area is 132 Å². The third kappa shape index (κ3) is 2.61. The Morgan fingerprint density at radius 2 is 2.04 bits per heavy atom. The Morgan fingerprint density at radius 1 is 1.30 bits per heavy atom. The second-order valence-electron chi connectivity index (χ2n) is 5.16. The van der Waals surface area contributed by atoms with E-state index in [9.17, 15) is 18.5 Å². The minimum atomic E-state index is -3.46. The first kappa shape index (κ1) is 15.3. The molecule has 23 heavy (non-hydrogen) atoms. The molecule has 0 saturated carbocycles. The van der Waals surface area contributed by atoms with Gasteiger partial charge in [-0.3, -0.25) is 10.1 Å². The highest BCUT2D eigenvalue weighted by Crippen LogP contribution is 2.37. The van der Waals surface area contributed by atoms with Crippen LogP contribution in [0.4, 0.5) is 0 Å². The molecule has 2 aromatic carbocycles. The maximum Gasteiger partial charge on any atom is 0.284 e. The van der Waals surface area contributed by atoms with Gasteiger partial charge in [-0.2, -0.15) is 0 Å². The number of methoxy groups -OCH3 is 1. The quantitative estimate of drug-likeness (QED) is 0.630. The Bertz CT molecular complexity index is 962. The Morgan fingerprint density at radius 3 is 2.65 bits per heavy atom. The second kappa shape index (κ2) is 5.24. The highest BCUT2D eigenvalue weighted by molar-refractivity contribution is 7.90. The minimum absolute atomic E-state index is 0.0591. The summed E-state index contributed by atoms with van der Waals surface area (Å²) in [5, 5.41) is 12.2. The summed E-state index contributed by atoms with van der Waals surface area (Å²) in [6.07, 6.45) is 2.55. The van der Waals surface area contributed by atoms with Crippen molar-refractivity contribution in [1.82, 2.24) is 0 Å². The monoisotopic (exact) mass is 335 g/mol. The average Bonchev–Trinajstić information content (AvgIpc) is 2.51. The summed E-state index contributed by atoms with van der Waals surface area (Å²) in [6.45, 7) is -0.107. The molecule has 0 atom stereocenters. The van der Waals surface area contributed by atoms with Crippen LogP contribution in [-0.4, -0.2) is 33.3 Å². The number of hydrogen-bond acceptors (Lipinski definition) is 6. The Balaban J connectivity index is 2.34. The van der Waals surface area contributed by atoms with E-state index in [1.807, 2.05) is 0 Å². The molecular formula is C15H13NO6S.